The largest absolute Gasteiger partial charge is 0.486 e. The average molecular weight is 351 g/mol. The molecule has 3 heterocycles. The minimum atomic E-state index is -0.356. The van der Waals surface area contributed by atoms with Gasteiger partial charge < -0.3 is 9.64 Å². The summed E-state index contributed by atoms with van der Waals surface area (Å²) in [6.45, 7) is 6.20. The zero-order chi connectivity index (χ0) is 18.1. The van der Waals surface area contributed by atoms with Crippen molar-refractivity contribution in [1.29, 1.82) is 0 Å². The van der Waals surface area contributed by atoms with Gasteiger partial charge in [-0.2, -0.15) is 0 Å². The third kappa shape index (κ3) is 3.21. The van der Waals surface area contributed by atoms with E-state index in [0.29, 0.717) is 0 Å². The van der Waals surface area contributed by atoms with Crippen LogP contribution in [0.2, 0.25) is 0 Å². The Kier molecular flexibility index (Phi) is 4.45. The molecule has 0 N–H and O–H groups in total. The molecule has 1 aliphatic rings. The van der Waals surface area contributed by atoms with E-state index in [9.17, 15) is 4.39 Å². The lowest BCUT2D eigenvalue weighted by Gasteiger charge is -2.21. The molecule has 0 radical (unpaired) electrons. The first kappa shape index (κ1) is 16.8. The number of pyridine rings is 2. The number of nitrogens with zero attached hydrogens (tertiary/aromatic N) is 3. The first-order valence-electron chi connectivity index (χ1n) is 9.01. The summed E-state index contributed by atoms with van der Waals surface area (Å²) >= 11 is 0. The Morgan fingerprint density at radius 3 is 2.73 bits per heavy atom. The van der Waals surface area contributed by atoms with Crippen molar-refractivity contribution in [2.75, 3.05) is 18.0 Å². The number of hydrogen-bond donors (Lipinski definition) is 0. The number of halogens is 1. The van der Waals surface area contributed by atoms with Crippen LogP contribution in [0.4, 0.5) is 10.1 Å². The maximum atomic E-state index is 14.7. The monoisotopic (exact) mass is 351 g/mol. The summed E-state index contributed by atoms with van der Waals surface area (Å²) < 4.78 is 20.5. The predicted molar refractivity (Wildman–Crippen MR) is 101 cm³/mol. The molecule has 2 aromatic heterocycles. The number of aryl methyl sites for hydroxylation is 2. The zero-order valence-electron chi connectivity index (χ0n) is 15.1. The fraction of sp³-hybridized carbons (Fsp3) is 0.333. The topological polar surface area (TPSA) is 38.2 Å². The van der Waals surface area contributed by atoms with E-state index in [1.54, 1.807) is 18.3 Å². The Labute approximate surface area is 152 Å². The quantitative estimate of drug-likeness (QED) is 0.690. The van der Waals surface area contributed by atoms with Gasteiger partial charge in [0.05, 0.1) is 5.52 Å². The summed E-state index contributed by atoms with van der Waals surface area (Å²) in [4.78, 5) is 11.2. The van der Waals surface area contributed by atoms with Crippen molar-refractivity contribution in [2.24, 2.45) is 0 Å². The van der Waals surface area contributed by atoms with Gasteiger partial charge >= 0.3 is 0 Å². The molecule has 0 saturated carbocycles. The molecular weight excluding hydrogens is 329 g/mol. The molecule has 4 rings (SSSR count). The van der Waals surface area contributed by atoms with Crippen molar-refractivity contribution < 1.29 is 9.13 Å². The van der Waals surface area contributed by atoms with Crippen molar-refractivity contribution in [3.63, 3.8) is 0 Å². The van der Waals surface area contributed by atoms with Crippen molar-refractivity contribution in [2.45, 2.75) is 33.3 Å². The van der Waals surface area contributed by atoms with E-state index in [1.807, 2.05) is 32.0 Å². The summed E-state index contributed by atoms with van der Waals surface area (Å²) in [6.07, 6.45) is 4.09. The fourth-order valence-electron chi connectivity index (χ4n) is 3.49. The molecule has 1 fully saturated rings. The van der Waals surface area contributed by atoms with Crippen molar-refractivity contribution >= 4 is 16.6 Å². The number of fused-ring (bicyclic) bond motifs is 1. The molecule has 0 aliphatic carbocycles. The number of rotatable bonds is 4. The zero-order valence-corrected chi connectivity index (χ0v) is 15.1. The van der Waals surface area contributed by atoms with Gasteiger partial charge in [0.25, 0.3) is 0 Å². The van der Waals surface area contributed by atoms with Crippen molar-refractivity contribution in [1.82, 2.24) is 9.97 Å². The molecule has 5 heteroatoms. The van der Waals surface area contributed by atoms with E-state index in [4.69, 9.17) is 4.74 Å². The van der Waals surface area contributed by atoms with Crippen LogP contribution >= 0.6 is 0 Å². The van der Waals surface area contributed by atoms with Gasteiger partial charge in [0.1, 0.15) is 6.61 Å². The molecule has 3 aromatic rings. The molecule has 134 valence electrons. The predicted octanol–water partition coefficient (Wildman–Crippen LogP) is 4.56. The van der Waals surface area contributed by atoms with Crippen molar-refractivity contribution in [3.8, 4) is 5.75 Å². The number of ether oxygens (including phenoxy) is 1. The van der Waals surface area contributed by atoms with E-state index in [0.717, 1.165) is 46.6 Å². The third-order valence-corrected chi connectivity index (χ3v) is 4.91. The Hall–Kier alpha value is -2.69. The van der Waals surface area contributed by atoms with E-state index in [2.05, 4.69) is 14.9 Å². The molecule has 0 unspecified atom stereocenters. The van der Waals surface area contributed by atoms with Gasteiger partial charge in [0, 0.05) is 53.4 Å². The van der Waals surface area contributed by atoms with E-state index >= 15 is 0 Å². The van der Waals surface area contributed by atoms with E-state index < -0.39 is 0 Å². The van der Waals surface area contributed by atoms with Crippen LogP contribution < -0.4 is 9.64 Å². The molecule has 0 spiro atoms. The highest BCUT2D eigenvalue weighted by Crippen LogP contribution is 2.33. The summed E-state index contributed by atoms with van der Waals surface area (Å²) in [5.74, 6) is -0.128. The molecular formula is C21H22FN3O. The molecule has 4 nitrogen and oxygen atoms in total. The minimum Gasteiger partial charge on any atom is -0.486 e. The van der Waals surface area contributed by atoms with Crippen LogP contribution in [0.1, 0.15) is 29.8 Å². The number of benzene rings is 1. The van der Waals surface area contributed by atoms with Gasteiger partial charge in [-0.25, -0.2) is 4.39 Å². The molecule has 1 saturated heterocycles. The average Bonchev–Trinajstić information content (AvgIpc) is 3.15. The lowest BCUT2D eigenvalue weighted by Crippen LogP contribution is -2.18. The second-order valence-corrected chi connectivity index (χ2v) is 6.81. The van der Waals surface area contributed by atoms with Gasteiger partial charge in [-0.1, -0.05) is 6.07 Å². The molecule has 1 aromatic carbocycles. The second kappa shape index (κ2) is 6.90. The van der Waals surface area contributed by atoms with Crippen LogP contribution in [0.3, 0.4) is 0 Å². The highest BCUT2D eigenvalue weighted by molar-refractivity contribution is 5.93. The normalized spacial score (nSPS) is 14.2. The van der Waals surface area contributed by atoms with Crippen LogP contribution in [-0.4, -0.2) is 23.1 Å². The van der Waals surface area contributed by atoms with Gasteiger partial charge in [-0.3, -0.25) is 9.97 Å². The summed E-state index contributed by atoms with van der Waals surface area (Å²) in [5, 5.41) is 0.847. The molecule has 0 bridgehead atoms. The summed E-state index contributed by atoms with van der Waals surface area (Å²) in [6, 6.07) is 9.11. The lowest BCUT2D eigenvalue weighted by atomic mass is 10.1. The smallest absolute Gasteiger partial charge is 0.165 e. The molecule has 0 atom stereocenters. The van der Waals surface area contributed by atoms with E-state index in [1.165, 1.54) is 12.8 Å². The third-order valence-electron chi connectivity index (χ3n) is 4.91. The lowest BCUT2D eigenvalue weighted by molar-refractivity contribution is 0.289. The van der Waals surface area contributed by atoms with Crippen molar-refractivity contribution in [3.05, 3.63) is 59.3 Å². The standard InChI is InChI=1S/C21H22FN3O/c1-14-10-20(25-8-3-4-9-25)17-11-18(22)21(12-19(17)24-14)26-13-16-6-5-7-23-15(16)2/h5-7,10-12H,3-4,8-9,13H2,1-2H3. The van der Waals surface area contributed by atoms with Gasteiger partial charge in [0.2, 0.25) is 0 Å². The molecule has 1 aliphatic heterocycles. The maximum absolute atomic E-state index is 14.7. The summed E-state index contributed by atoms with van der Waals surface area (Å²) in [7, 11) is 0. The van der Waals surface area contributed by atoms with E-state index in [-0.39, 0.29) is 18.2 Å². The van der Waals surface area contributed by atoms with Crippen LogP contribution in [0.5, 0.6) is 5.75 Å². The Balaban J connectivity index is 1.69. The van der Waals surface area contributed by atoms with Gasteiger partial charge in [0.15, 0.2) is 11.6 Å². The number of anilines is 1. The first-order valence-corrected chi connectivity index (χ1v) is 9.01. The highest BCUT2D eigenvalue weighted by Gasteiger charge is 2.18. The number of hydrogen-bond acceptors (Lipinski definition) is 4. The summed E-state index contributed by atoms with van der Waals surface area (Å²) in [5.41, 5.74) is 4.60. The van der Waals surface area contributed by atoms with Gasteiger partial charge in [-0.05, 0) is 44.9 Å². The van der Waals surface area contributed by atoms with Gasteiger partial charge in [-0.15, -0.1) is 0 Å². The minimum absolute atomic E-state index is 0.228. The Bertz CT molecular complexity index is 951. The Morgan fingerprint density at radius 1 is 1.15 bits per heavy atom. The maximum Gasteiger partial charge on any atom is 0.165 e. The van der Waals surface area contributed by atoms with Crippen LogP contribution in [0.15, 0.2) is 36.5 Å². The van der Waals surface area contributed by atoms with Crippen LogP contribution in [-0.2, 0) is 6.61 Å². The number of aromatic nitrogens is 2. The van der Waals surface area contributed by atoms with Crippen LogP contribution in [0, 0.1) is 19.7 Å². The fourth-order valence-corrected chi connectivity index (χ4v) is 3.49. The second-order valence-electron chi connectivity index (χ2n) is 6.81. The Morgan fingerprint density at radius 2 is 1.96 bits per heavy atom. The molecule has 0 amide bonds. The molecule has 26 heavy (non-hydrogen) atoms. The SMILES string of the molecule is Cc1cc(N2CCCC2)c2cc(F)c(OCc3cccnc3C)cc2n1. The highest BCUT2D eigenvalue weighted by atomic mass is 19.1. The first-order chi connectivity index (χ1) is 12.6. The van der Waals surface area contributed by atoms with Crippen LogP contribution in [0.25, 0.3) is 10.9 Å².